The second-order valence-electron chi connectivity index (χ2n) is 1.20. The summed E-state index contributed by atoms with van der Waals surface area (Å²) in [4.78, 5) is 0. The van der Waals surface area contributed by atoms with Gasteiger partial charge in [0.1, 0.15) is 0 Å². The average Bonchev–Trinajstić information content (AvgIpc) is 1.93. The topological polar surface area (TPSA) is 27.7 Å². The molecule has 0 saturated carbocycles. The first-order valence-corrected chi connectivity index (χ1v) is 4.94. The van der Waals surface area contributed by atoms with Crippen LogP contribution in [-0.2, 0) is 33.7 Å². The van der Waals surface area contributed by atoms with Gasteiger partial charge in [0.2, 0.25) is 0 Å². The first-order valence-electron chi connectivity index (χ1n) is 2.63. The molecule has 0 aliphatic carbocycles. The van der Waals surface area contributed by atoms with E-state index in [1.165, 1.54) is 0 Å². The van der Waals surface area contributed by atoms with Crippen molar-refractivity contribution in [2.45, 2.75) is 0 Å². The summed E-state index contributed by atoms with van der Waals surface area (Å²) < 4.78 is 16.0. The Morgan fingerprint density at radius 2 is 1.40 bits per heavy atom. The molecular formula is C5H13O3SiTi. The SMILES string of the molecule is C=[CH][Ti].CO[SiH](OC)OC. The van der Waals surface area contributed by atoms with Gasteiger partial charge in [0.15, 0.2) is 0 Å². The molecule has 0 saturated heterocycles. The van der Waals surface area contributed by atoms with Gasteiger partial charge in [-0.2, -0.15) is 0 Å². The number of hydrogen-bond acceptors (Lipinski definition) is 3. The van der Waals surface area contributed by atoms with E-state index in [-0.39, 0.29) is 0 Å². The summed E-state index contributed by atoms with van der Waals surface area (Å²) >= 11 is 1.89. The molecule has 0 aromatic rings. The predicted molar refractivity (Wildman–Crippen MR) is 38.4 cm³/mol. The Kier molecular flexibility index (Phi) is 16.1. The van der Waals surface area contributed by atoms with Crippen molar-refractivity contribution < 1.29 is 33.7 Å². The maximum atomic E-state index is 4.74. The van der Waals surface area contributed by atoms with E-state index in [2.05, 4.69) is 6.58 Å². The Hall–Kier alpha value is 0.551. The third kappa shape index (κ3) is 11.4. The summed E-state index contributed by atoms with van der Waals surface area (Å²) in [5, 5.41) is 0. The standard InChI is InChI=1S/C3H10O3Si.C2H3.Ti/c1-4-7(5-2)6-3;1-2;/h7H,1-3H3;1H,2H2;. The molecule has 3 nitrogen and oxygen atoms in total. The third-order valence-corrected chi connectivity index (χ3v) is 1.73. The van der Waals surface area contributed by atoms with Crippen LogP contribution in [-0.4, -0.2) is 30.9 Å². The van der Waals surface area contributed by atoms with Gasteiger partial charge in [0.05, 0.1) is 0 Å². The molecule has 5 heteroatoms. The van der Waals surface area contributed by atoms with Crippen LogP contribution in [0.1, 0.15) is 0 Å². The van der Waals surface area contributed by atoms with Gasteiger partial charge in [-0.05, 0) is 0 Å². The molecule has 0 rings (SSSR count). The molecule has 10 heavy (non-hydrogen) atoms. The van der Waals surface area contributed by atoms with E-state index in [0.717, 1.165) is 0 Å². The van der Waals surface area contributed by atoms with Gasteiger partial charge in [0.25, 0.3) is 0 Å². The monoisotopic (exact) mass is 197 g/mol. The van der Waals surface area contributed by atoms with Crippen molar-refractivity contribution in [3.8, 4) is 0 Å². The quantitative estimate of drug-likeness (QED) is 0.610. The molecule has 0 bridgehead atoms. The van der Waals surface area contributed by atoms with Gasteiger partial charge in [-0.15, -0.1) is 0 Å². The summed E-state index contributed by atoms with van der Waals surface area (Å²) in [7, 11) is 3.05. The van der Waals surface area contributed by atoms with Crippen molar-refractivity contribution in [3.63, 3.8) is 0 Å². The summed E-state index contributed by atoms with van der Waals surface area (Å²) in [6.45, 7) is 3.36. The summed E-state index contributed by atoms with van der Waals surface area (Å²) in [5.41, 5.74) is 0. The minimum Gasteiger partial charge on any atom is -0.379 e. The van der Waals surface area contributed by atoms with Crippen LogP contribution in [0.3, 0.4) is 0 Å². The van der Waals surface area contributed by atoms with Gasteiger partial charge < -0.3 is 13.3 Å². The number of rotatable bonds is 3. The Morgan fingerprint density at radius 1 is 1.20 bits per heavy atom. The Morgan fingerprint density at radius 3 is 1.40 bits per heavy atom. The van der Waals surface area contributed by atoms with Crippen molar-refractivity contribution in [2.75, 3.05) is 21.3 Å². The Balaban J connectivity index is 0. The van der Waals surface area contributed by atoms with Gasteiger partial charge in [-0.25, -0.2) is 0 Å². The second-order valence-corrected chi connectivity index (χ2v) is 3.83. The van der Waals surface area contributed by atoms with Crippen molar-refractivity contribution in [1.29, 1.82) is 0 Å². The Labute approximate surface area is 75.7 Å². The van der Waals surface area contributed by atoms with Crippen LogP contribution < -0.4 is 0 Å². The van der Waals surface area contributed by atoms with Gasteiger partial charge in [-0.3, -0.25) is 0 Å². The zero-order valence-electron chi connectivity index (χ0n) is 6.59. The largest absolute Gasteiger partial charge is 0.483 e. The maximum absolute atomic E-state index is 4.74. The van der Waals surface area contributed by atoms with E-state index < -0.39 is 9.53 Å². The molecule has 0 spiro atoms. The molecule has 0 fully saturated rings. The van der Waals surface area contributed by atoms with E-state index in [0.29, 0.717) is 0 Å². The van der Waals surface area contributed by atoms with Crippen molar-refractivity contribution in [2.24, 2.45) is 0 Å². The zero-order chi connectivity index (χ0) is 8.41. The molecular weight excluding hydrogens is 184 g/mol. The fourth-order valence-electron chi connectivity index (χ4n) is 0.289. The molecule has 59 valence electrons. The van der Waals surface area contributed by atoms with Crippen LogP contribution in [0, 0.1) is 0 Å². The van der Waals surface area contributed by atoms with E-state index in [1.807, 2.05) is 20.4 Å². The molecule has 0 atom stereocenters. The van der Waals surface area contributed by atoms with Crippen molar-refractivity contribution in [3.05, 3.63) is 11.0 Å². The molecule has 0 radical (unpaired) electrons. The fourth-order valence-corrected chi connectivity index (χ4v) is 0.866. The minimum atomic E-state index is -1.67. The van der Waals surface area contributed by atoms with Crippen LogP contribution in [0.2, 0.25) is 0 Å². The van der Waals surface area contributed by atoms with Gasteiger partial charge in [0, 0.05) is 21.3 Å². The summed E-state index contributed by atoms with van der Waals surface area (Å²) in [6.07, 6.45) is 0. The van der Waals surface area contributed by atoms with Crippen molar-refractivity contribution in [1.82, 2.24) is 0 Å². The molecule has 0 N–H and O–H groups in total. The molecule has 0 amide bonds. The third-order valence-electron chi connectivity index (χ3n) is 0.577. The Bertz CT molecular complexity index is 62.4. The molecule has 0 aromatic heterocycles. The maximum Gasteiger partial charge on any atom is 0.483 e. The van der Waals surface area contributed by atoms with Crippen LogP contribution in [0.5, 0.6) is 0 Å². The van der Waals surface area contributed by atoms with Crippen LogP contribution >= 0.6 is 0 Å². The normalized spacial score (nSPS) is 8.30. The first-order chi connectivity index (χ1) is 4.76. The average molecular weight is 197 g/mol. The molecule has 0 aliphatic heterocycles. The smallest absolute Gasteiger partial charge is 0.379 e. The molecule has 0 unspecified atom stereocenters. The molecule has 0 aromatic carbocycles. The van der Waals surface area contributed by atoms with Crippen LogP contribution in [0.15, 0.2) is 11.0 Å². The van der Waals surface area contributed by atoms with Crippen molar-refractivity contribution >= 4 is 9.53 Å². The van der Waals surface area contributed by atoms with Crippen LogP contribution in [0.25, 0.3) is 0 Å². The zero-order valence-corrected chi connectivity index (χ0v) is 9.30. The second kappa shape index (κ2) is 12.2. The van der Waals surface area contributed by atoms with E-state index in [4.69, 9.17) is 13.3 Å². The van der Waals surface area contributed by atoms with Gasteiger partial charge >= 0.3 is 40.9 Å². The van der Waals surface area contributed by atoms with Gasteiger partial charge in [-0.1, -0.05) is 0 Å². The van der Waals surface area contributed by atoms with E-state index in [1.54, 1.807) is 25.7 Å². The fraction of sp³-hybridized carbons (Fsp3) is 0.600. The summed E-state index contributed by atoms with van der Waals surface area (Å²) in [6, 6.07) is 0. The molecule has 0 heterocycles. The van der Waals surface area contributed by atoms with Crippen LogP contribution in [0.4, 0.5) is 0 Å². The van der Waals surface area contributed by atoms with E-state index in [9.17, 15) is 0 Å². The summed E-state index contributed by atoms with van der Waals surface area (Å²) in [5.74, 6) is 0. The predicted octanol–water partition coefficient (Wildman–Crippen LogP) is 0.319. The number of hydrogen-bond donors (Lipinski definition) is 0. The first kappa shape index (κ1) is 13.2. The molecule has 0 aliphatic rings. The minimum absolute atomic E-state index is 1.57. The van der Waals surface area contributed by atoms with E-state index >= 15 is 0 Å².